The number of imidazole rings is 1. The predicted molar refractivity (Wildman–Crippen MR) is 110 cm³/mol. The topological polar surface area (TPSA) is 84.2 Å². The fraction of sp³-hybridized carbons (Fsp3) is 0.300. The summed E-state index contributed by atoms with van der Waals surface area (Å²) >= 11 is 6.17. The lowest BCUT2D eigenvalue weighted by atomic mass is 10.1. The molecule has 2 atom stereocenters. The molecule has 0 spiro atoms. The standard InChI is InChI=1S/C20H20ClN7O/c1-12-9-27(11-18(29-12)15-7-24-26-13(15)2)20-22-6-5-16(25-20)17-8-23-19-4-3-14(21)10-28(17)19/h3-8,10,12,18H,9,11H2,1-2H3,(H,24,26). The largest absolute Gasteiger partial charge is 0.367 e. The number of hydrogen-bond donors (Lipinski definition) is 1. The van der Waals surface area contributed by atoms with Gasteiger partial charge in [0.05, 0.1) is 40.9 Å². The Bertz CT molecular complexity index is 1170. The van der Waals surface area contributed by atoms with Gasteiger partial charge in [-0.25, -0.2) is 15.0 Å². The van der Waals surface area contributed by atoms with Crippen molar-refractivity contribution in [2.45, 2.75) is 26.1 Å². The molecule has 0 aliphatic carbocycles. The molecule has 8 nitrogen and oxygen atoms in total. The molecule has 5 heterocycles. The number of aryl methyl sites for hydroxylation is 1. The van der Waals surface area contributed by atoms with Crippen LogP contribution in [0.5, 0.6) is 0 Å². The number of ether oxygens (including phenoxy) is 1. The fourth-order valence-electron chi connectivity index (χ4n) is 3.77. The second kappa shape index (κ2) is 7.13. The number of nitrogens with zero attached hydrogens (tertiary/aromatic N) is 6. The van der Waals surface area contributed by atoms with Gasteiger partial charge in [0.2, 0.25) is 5.95 Å². The molecule has 2 unspecified atom stereocenters. The first-order valence-electron chi connectivity index (χ1n) is 9.45. The van der Waals surface area contributed by atoms with Crippen molar-refractivity contribution >= 4 is 23.2 Å². The molecule has 5 rings (SSSR count). The first-order chi connectivity index (χ1) is 14.1. The van der Waals surface area contributed by atoms with E-state index in [0.717, 1.165) is 34.8 Å². The highest BCUT2D eigenvalue weighted by atomic mass is 35.5. The van der Waals surface area contributed by atoms with Crippen LogP contribution in [-0.2, 0) is 4.74 Å². The summed E-state index contributed by atoms with van der Waals surface area (Å²) in [5.41, 5.74) is 4.49. The lowest BCUT2D eigenvalue weighted by Crippen LogP contribution is -2.43. The number of rotatable bonds is 3. The van der Waals surface area contributed by atoms with Crippen LogP contribution in [-0.4, -0.2) is 48.7 Å². The number of nitrogens with one attached hydrogen (secondary N) is 1. The second-order valence-corrected chi connectivity index (χ2v) is 7.66. The minimum absolute atomic E-state index is 0.0462. The molecule has 29 heavy (non-hydrogen) atoms. The zero-order valence-electron chi connectivity index (χ0n) is 16.1. The third-order valence-electron chi connectivity index (χ3n) is 5.13. The zero-order chi connectivity index (χ0) is 20.0. The van der Waals surface area contributed by atoms with E-state index in [1.54, 1.807) is 12.4 Å². The number of aromatic amines is 1. The molecule has 1 saturated heterocycles. The summed E-state index contributed by atoms with van der Waals surface area (Å²) in [6.45, 7) is 5.42. The van der Waals surface area contributed by atoms with Crippen LogP contribution in [0.4, 0.5) is 5.95 Å². The first kappa shape index (κ1) is 18.1. The number of H-pyrrole nitrogens is 1. The molecular formula is C20H20ClN7O. The Morgan fingerprint density at radius 2 is 2.10 bits per heavy atom. The van der Waals surface area contributed by atoms with E-state index in [1.165, 1.54) is 0 Å². The smallest absolute Gasteiger partial charge is 0.226 e. The summed E-state index contributed by atoms with van der Waals surface area (Å²) in [6.07, 6.45) is 7.28. The highest BCUT2D eigenvalue weighted by molar-refractivity contribution is 6.30. The monoisotopic (exact) mass is 409 g/mol. The summed E-state index contributed by atoms with van der Waals surface area (Å²) in [5.74, 6) is 0.667. The molecule has 0 aromatic carbocycles. The molecule has 1 fully saturated rings. The van der Waals surface area contributed by atoms with Crippen molar-refractivity contribution in [3.05, 3.63) is 59.3 Å². The molecule has 4 aromatic heterocycles. The average molecular weight is 410 g/mol. The van der Waals surface area contributed by atoms with E-state index < -0.39 is 0 Å². The van der Waals surface area contributed by atoms with Gasteiger partial charge in [0.15, 0.2) is 0 Å². The van der Waals surface area contributed by atoms with Crippen LogP contribution in [0.15, 0.2) is 43.0 Å². The number of halogens is 1. The molecule has 1 aliphatic heterocycles. The van der Waals surface area contributed by atoms with Gasteiger partial charge in [0, 0.05) is 30.7 Å². The molecule has 0 bridgehead atoms. The number of pyridine rings is 1. The highest BCUT2D eigenvalue weighted by Gasteiger charge is 2.29. The lowest BCUT2D eigenvalue weighted by molar-refractivity contribution is -0.0181. The maximum atomic E-state index is 6.17. The van der Waals surface area contributed by atoms with Gasteiger partial charge in [0.1, 0.15) is 11.8 Å². The molecule has 4 aromatic rings. The highest BCUT2D eigenvalue weighted by Crippen LogP contribution is 2.29. The van der Waals surface area contributed by atoms with Gasteiger partial charge in [-0.2, -0.15) is 5.10 Å². The van der Waals surface area contributed by atoms with Gasteiger partial charge in [-0.3, -0.25) is 9.50 Å². The molecule has 0 saturated carbocycles. The van der Waals surface area contributed by atoms with Gasteiger partial charge in [-0.1, -0.05) is 11.6 Å². The van der Waals surface area contributed by atoms with Crippen molar-refractivity contribution < 1.29 is 4.74 Å². The van der Waals surface area contributed by atoms with Crippen molar-refractivity contribution in [3.63, 3.8) is 0 Å². The molecule has 1 N–H and O–H groups in total. The minimum Gasteiger partial charge on any atom is -0.367 e. The molecule has 9 heteroatoms. The van der Waals surface area contributed by atoms with E-state index in [0.29, 0.717) is 17.5 Å². The van der Waals surface area contributed by atoms with Crippen molar-refractivity contribution in [2.24, 2.45) is 0 Å². The van der Waals surface area contributed by atoms with E-state index in [2.05, 4.69) is 32.0 Å². The zero-order valence-corrected chi connectivity index (χ0v) is 16.8. The Kier molecular flexibility index (Phi) is 4.44. The number of anilines is 1. The predicted octanol–water partition coefficient (Wildman–Crippen LogP) is 3.44. The number of hydrogen-bond acceptors (Lipinski definition) is 6. The van der Waals surface area contributed by atoms with Gasteiger partial charge in [-0.05, 0) is 32.0 Å². The molecule has 148 valence electrons. The quantitative estimate of drug-likeness (QED) is 0.558. The molecular weight excluding hydrogens is 390 g/mol. The molecule has 0 radical (unpaired) electrons. The van der Waals surface area contributed by atoms with Crippen LogP contribution >= 0.6 is 11.6 Å². The Morgan fingerprint density at radius 1 is 1.21 bits per heavy atom. The van der Waals surface area contributed by atoms with Crippen molar-refractivity contribution in [1.29, 1.82) is 0 Å². The second-order valence-electron chi connectivity index (χ2n) is 7.23. The number of morpholine rings is 1. The van der Waals surface area contributed by atoms with Crippen LogP contribution in [0.1, 0.15) is 24.3 Å². The summed E-state index contributed by atoms with van der Waals surface area (Å²) in [5, 5.41) is 7.78. The summed E-state index contributed by atoms with van der Waals surface area (Å²) in [7, 11) is 0. The maximum absolute atomic E-state index is 6.17. The normalized spacial score (nSPS) is 19.8. The molecule has 0 amide bonds. The van der Waals surface area contributed by atoms with Crippen LogP contribution < -0.4 is 4.90 Å². The number of fused-ring (bicyclic) bond motifs is 1. The van der Waals surface area contributed by atoms with E-state index >= 15 is 0 Å². The Hall–Kier alpha value is -2.97. The lowest BCUT2D eigenvalue weighted by Gasteiger charge is -2.36. The van der Waals surface area contributed by atoms with Crippen molar-refractivity contribution in [1.82, 2.24) is 29.5 Å². The van der Waals surface area contributed by atoms with Gasteiger partial charge < -0.3 is 9.64 Å². The third kappa shape index (κ3) is 3.34. The van der Waals surface area contributed by atoms with Crippen LogP contribution in [0.2, 0.25) is 5.02 Å². The van der Waals surface area contributed by atoms with Crippen LogP contribution in [0.3, 0.4) is 0 Å². The summed E-state index contributed by atoms with van der Waals surface area (Å²) in [6, 6.07) is 5.59. The average Bonchev–Trinajstić information content (AvgIpc) is 3.33. The fourth-order valence-corrected chi connectivity index (χ4v) is 3.93. The van der Waals surface area contributed by atoms with Gasteiger partial charge >= 0.3 is 0 Å². The van der Waals surface area contributed by atoms with E-state index in [9.17, 15) is 0 Å². The Morgan fingerprint density at radius 3 is 2.93 bits per heavy atom. The van der Waals surface area contributed by atoms with Gasteiger partial charge in [0.25, 0.3) is 0 Å². The van der Waals surface area contributed by atoms with E-state index in [-0.39, 0.29) is 12.2 Å². The Balaban J connectivity index is 1.49. The van der Waals surface area contributed by atoms with Crippen LogP contribution in [0.25, 0.3) is 17.0 Å². The van der Waals surface area contributed by atoms with E-state index in [1.807, 2.05) is 41.9 Å². The number of aromatic nitrogens is 6. The molecule has 1 aliphatic rings. The van der Waals surface area contributed by atoms with Crippen LogP contribution in [0, 0.1) is 6.92 Å². The van der Waals surface area contributed by atoms with Crippen molar-refractivity contribution in [3.8, 4) is 11.4 Å². The minimum atomic E-state index is -0.0839. The third-order valence-corrected chi connectivity index (χ3v) is 5.36. The Labute approximate surface area is 172 Å². The first-order valence-corrected chi connectivity index (χ1v) is 9.83. The van der Waals surface area contributed by atoms with E-state index in [4.69, 9.17) is 21.3 Å². The van der Waals surface area contributed by atoms with Crippen molar-refractivity contribution in [2.75, 3.05) is 18.0 Å². The summed E-state index contributed by atoms with van der Waals surface area (Å²) in [4.78, 5) is 16.0. The SMILES string of the molecule is Cc1n[nH]cc1C1CN(c2nccc(-c3cnc4ccc(Cl)cn34)n2)CC(C)O1. The maximum Gasteiger partial charge on any atom is 0.226 e. The summed E-state index contributed by atoms with van der Waals surface area (Å²) < 4.78 is 8.09. The van der Waals surface area contributed by atoms with Gasteiger partial charge in [-0.15, -0.1) is 0 Å².